The van der Waals surface area contributed by atoms with Crippen LogP contribution in [0.2, 0.25) is 0 Å². The Hall–Kier alpha value is -2.54. The van der Waals surface area contributed by atoms with Crippen LogP contribution in [-0.2, 0) is 14.6 Å². The highest BCUT2D eigenvalue weighted by Crippen LogP contribution is 2.34. The van der Waals surface area contributed by atoms with Gasteiger partial charge in [0.15, 0.2) is 33.0 Å². The molecule has 0 heterocycles. The maximum atomic E-state index is 13.3. The summed E-state index contributed by atoms with van der Waals surface area (Å²) in [6, 6.07) is 9.13. The molecule has 7 heteroatoms. The molecule has 2 aromatic rings. The molecule has 0 saturated heterocycles. The summed E-state index contributed by atoms with van der Waals surface area (Å²) in [7, 11) is -3.32. The third-order valence-electron chi connectivity index (χ3n) is 3.87. The SMILES string of the molecule is CS(=O)(=O)c1ccc(C2=C(Oc3ccc(F)c(F)c3)C(=O)CC2)cc1. The van der Waals surface area contributed by atoms with Crippen LogP contribution < -0.4 is 4.74 Å². The van der Waals surface area contributed by atoms with Crippen LogP contribution in [0.3, 0.4) is 0 Å². The molecule has 0 fully saturated rings. The number of Topliss-reactive ketones (excluding diaryl/α,β-unsaturated/α-hetero) is 1. The average Bonchev–Trinajstić information content (AvgIpc) is 2.91. The van der Waals surface area contributed by atoms with E-state index in [9.17, 15) is 22.0 Å². The zero-order chi connectivity index (χ0) is 18.2. The van der Waals surface area contributed by atoms with E-state index in [1.165, 1.54) is 18.2 Å². The highest BCUT2D eigenvalue weighted by Gasteiger charge is 2.27. The number of hydrogen-bond donors (Lipinski definition) is 0. The largest absolute Gasteiger partial charge is 0.453 e. The van der Waals surface area contributed by atoms with Crippen LogP contribution in [0.1, 0.15) is 18.4 Å². The lowest BCUT2D eigenvalue weighted by Crippen LogP contribution is -2.05. The summed E-state index contributed by atoms with van der Waals surface area (Å²) >= 11 is 0. The van der Waals surface area contributed by atoms with Crippen molar-refractivity contribution >= 4 is 21.2 Å². The van der Waals surface area contributed by atoms with Crippen molar-refractivity contribution in [3.63, 3.8) is 0 Å². The van der Waals surface area contributed by atoms with Crippen molar-refractivity contribution in [2.24, 2.45) is 0 Å². The Labute approximate surface area is 143 Å². The number of ketones is 1. The lowest BCUT2D eigenvalue weighted by atomic mass is 10.1. The number of hydrogen-bond acceptors (Lipinski definition) is 4. The fourth-order valence-corrected chi connectivity index (χ4v) is 3.22. The molecule has 0 unspecified atom stereocenters. The second kappa shape index (κ2) is 6.40. The third-order valence-corrected chi connectivity index (χ3v) is 5.00. The highest BCUT2D eigenvalue weighted by atomic mass is 32.2. The molecule has 0 atom stereocenters. The molecule has 0 N–H and O–H groups in total. The van der Waals surface area contributed by atoms with Crippen LogP contribution in [-0.4, -0.2) is 20.5 Å². The Morgan fingerprint density at radius 2 is 1.64 bits per heavy atom. The Morgan fingerprint density at radius 1 is 0.960 bits per heavy atom. The summed E-state index contributed by atoms with van der Waals surface area (Å²) in [6.45, 7) is 0. The molecule has 0 amide bonds. The number of ether oxygens (including phenoxy) is 1. The summed E-state index contributed by atoms with van der Waals surface area (Å²) in [6.07, 6.45) is 1.77. The monoisotopic (exact) mass is 364 g/mol. The predicted molar refractivity (Wildman–Crippen MR) is 87.7 cm³/mol. The lowest BCUT2D eigenvalue weighted by Gasteiger charge is -2.10. The van der Waals surface area contributed by atoms with Gasteiger partial charge in [-0.25, -0.2) is 17.2 Å². The maximum absolute atomic E-state index is 13.3. The molecule has 0 spiro atoms. The van der Waals surface area contributed by atoms with Crippen LogP contribution in [0.25, 0.3) is 5.57 Å². The second-order valence-corrected chi connectivity index (χ2v) is 7.72. The molecule has 0 bridgehead atoms. The molecule has 1 aliphatic carbocycles. The van der Waals surface area contributed by atoms with Crippen LogP contribution in [0.15, 0.2) is 53.1 Å². The quantitative estimate of drug-likeness (QED) is 0.833. The number of benzene rings is 2. The normalized spacial score (nSPS) is 14.9. The number of carbonyl (C=O) groups excluding carboxylic acids is 1. The Kier molecular flexibility index (Phi) is 4.43. The number of sulfone groups is 1. The molecule has 1 aliphatic rings. The number of rotatable bonds is 4. The average molecular weight is 364 g/mol. The van der Waals surface area contributed by atoms with Gasteiger partial charge in [-0.15, -0.1) is 0 Å². The molecule has 2 aromatic carbocycles. The highest BCUT2D eigenvalue weighted by molar-refractivity contribution is 7.90. The minimum Gasteiger partial charge on any atom is -0.453 e. The van der Waals surface area contributed by atoms with E-state index in [1.807, 2.05) is 0 Å². The first-order valence-corrected chi connectivity index (χ1v) is 9.34. The van der Waals surface area contributed by atoms with Crippen molar-refractivity contribution in [3.8, 4) is 5.75 Å². The molecular formula is C18H14F2O4S. The second-order valence-electron chi connectivity index (χ2n) is 5.71. The van der Waals surface area contributed by atoms with E-state index < -0.39 is 21.5 Å². The van der Waals surface area contributed by atoms with Gasteiger partial charge in [-0.2, -0.15) is 0 Å². The number of carbonyl (C=O) groups is 1. The van der Waals surface area contributed by atoms with Gasteiger partial charge in [0, 0.05) is 24.3 Å². The summed E-state index contributed by atoms with van der Waals surface area (Å²) < 4.78 is 54.9. The first-order valence-electron chi connectivity index (χ1n) is 7.45. The van der Waals surface area contributed by atoms with Gasteiger partial charge in [0.05, 0.1) is 4.90 Å². The number of halogens is 2. The Balaban J connectivity index is 1.97. The fourth-order valence-electron chi connectivity index (χ4n) is 2.59. The Bertz CT molecular complexity index is 977. The molecule has 4 nitrogen and oxygen atoms in total. The van der Waals surface area contributed by atoms with Crippen molar-refractivity contribution in [1.82, 2.24) is 0 Å². The fraction of sp³-hybridized carbons (Fsp3) is 0.167. The van der Waals surface area contributed by atoms with Crippen LogP contribution >= 0.6 is 0 Å². The molecule has 0 aromatic heterocycles. The summed E-state index contributed by atoms with van der Waals surface area (Å²) in [5, 5.41) is 0. The van der Waals surface area contributed by atoms with Gasteiger partial charge < -0.3 is 4.74 Å². The molecular weight excluding hydrogens is 350 g/mol. The minimum absolute atomic E-state index is 0.0226. The van der Waals surface area contributed by atoms with Gasteiger partial charge in [-0.05, 0) is 36.2 Å². The van der Waals surface area contributed by atoms with Crippen molar-refractivity contribution < 1.29 is 26.7 Å². The molecule has 3 rings (SSSR count). The molecule has 130 valence electrons. The van der Waals surface area contributed by atoms with E-state index in [0.717, 1.165) is 18.4 Å². The van der Waals surface area contributed by atoms with E-state index in [-0.39, 0.29) is 28.6 Å². The molecule has 0 aliphatic heterocycles. The first-order chi connectivity index (χ1) is 11.8. The van der Waals surface area contributed by atoms with Gasteiger partial charge in [-0.3, -0.25) is 4.79 Å². The Morgan fingerprint density at radius 3 is 2.24 bits per heavy atom. The standard InChI is InChI=1S/C18H14F2O4S/c1-25(22,23)13-5-2-11(3-6-13)14-7-9-17(21)18(14)24-12-4-8-15(19)16(20)10-12/h2-6,8,10H,7,9H2,1H3. The van der Waals surface area contributed by atoms with Crippen molar-refractivity contribution in [2.45, 2.75) is 17.7 Å². The van der Waals surface area contributed by atoms with Crippen LogP contribution in [0, 0.1) is 11.6 Å². The molecule has 0 radical (unpaired) electrons. The predicted octanol–water partition coefficient (Wildman–Crippen LogP) is 3.52. The van der Waals surface area contributed by atoms with Crippen LogP contribution in [0.4, 0.5) is 8.78 Å². The summed E-state index contributed by atoms with van der Waals surface area (Å²) in [4.78, 5) is 12.3. The van der Waals surface area contributed by atoms with E-state index in [1.54, 1.807) is 12.1 Å². The zero-order valence-corrected chi connectivity index (χ0v) is 14.1. The van der Waals surface area contributed by atoms with Crippen LogP contribution in [0.5, 0.6) is 5.75 Å². The van der Waals surface area contributed by atoms with Crippen molar-refractivity contribution in [2.75, 3.05) is 6.26 Å². The zero-order valence-electron chi connectivity index (χ0n) is 13.3. The topological polar surface area (TPSA) is 60.4 Å². The summed E-state index contributed by atoms with van der Waals surface area (Å²) in [5.74, 6) is -2.22. The molecule has 0 saturated carbocycles. The van der Waals surface area contributed by atoms with Crippen molar-refractivity contribution in [1.29, 1.82) is 0 Å². The van der Waals surface area contributed by atoms with Gasteiger partial charge in [0.1, 0.15) is 5.75 Å². The van der Waals surface area contributed by atoms with E-state index >= 15 is 0 Å². The van der Waals surface area contributed by atoms with Gasteiger partial charge in [0.25, 0.3) is 0 Å². The first kappa shape index (κ1) is 17.3. The summed E-state index contributed by atoms with van der Waals surface area (Å²) in [5.41, 5.74) is 1.26. The van der Waals surface area contributed by atoms with Gasteiger partial charge in [-0.1, -0.05) is 12.1 Å². The maximum Gasteiger partial charge on any atom is 0.198 e. The van der Waals surface area contributed by atoms with Gasteiger partial charge >= 0.3 is 0 Å². The third kappa shape index (κ3) is 3.61. The van der Waals surface area contributed by atoms with E-state index in [0.29, 0.717) is 17.6 Å². The van der Waals surface area contributed by atoms with E-state index in [4.69, 9.17) is 4.74 Å². The van der Waals surface area contributed by atoms with Gasteiger partial charge in [0.2, 0.25) is 0 Å². The van der Waals surface area contributed by atoms with Crippen molar-refractivity contribution in [3.05, 3.63) is 65.4 Å². The van der Waals surface area contributed by atoms with E-state index in [2.05, 4.69) is 0 Å². The lowest BCUT2D eigenvalue weighted by molar-refractivity contribution is -0.116. The smallest absolute Gasteiger partial charge is 0.198 e. The minimum atomic E-state index is -3.32. The number of allylic oxidation sites excluding steroid dienone is 2. The molecule has 25 heavy (non-hydrogen) atoms.